The molecule has 0 saturated heterocycles. The first-order valence-electron chi connectivity index (χ1n) is 7.77. The molecule has 0 aliphatic carbocycles. The molecule has 0 aliphatic rings. The summed E-state index contributed by atoms with van der Waals surface area (Å²) in [5.41, 5.74) is 1.46. The Balaban J connectivity index is 1.92. The first kappa shape index (κ1) is 19.3. The molecule has 0 saturated carbocycles. The molecular formula is C15H21N5O3S2. The monoisotopic (exact) mass is 383 g/mol. The van der Waals surface area contributed by atoms with Crippen molar-refractivity contribution in [3.8, 4) is 0 Å². The lowest BCUT2D eigenvalue weighted by Gasteiger charge is -2.08. The van der Waals surface area contributed by atoms with Crippen LogP contribution in [0, 0.1) is 4.77 Å². The Hall–Kier alpha value is -2.04. The molecule has 25 heavy (non-hydrogen) atoms. The largest absolute Gasteiger partial charge is 0.350 e. The summed E-state index contributed by atoms with van der Waals surface area (Å²) in [5.74, 6) is 0.372. The molecule has 0 aliphatic heterocycles. The summed E-state index contributed by atoms with van der Waals surface area (Å²) in [6.07, 6.45) is 1.65. The van der Waals surface area contributed by atoms with Gasteiger partial charge in [0.25, 0.3) is 0 Å². The Labute approximate surface area is 151 Å². The first-order chi connectivity index (χ1) is 11.8. The van der Waals surface area contributed by atoms with Crippen LogP contribution < -0.4 is 10.5 Å². The fraction of sp³-hybridized carbons (Fsp3) is 0.400. The van der Waals surface area contributed by atoms with Crippen molar-refractivity contribution < 1.29 is 13.2 Å². The van der Waals surface area contributed by atoms with Crippen molar-refractivity contribution >= 4 is 28.1 Å². The number of nitrogens with zero attached hydrogens (tertiary/aromatic N) is 2. The number of carbonyl (C=O) groups excluding carboxylic acids is 1. The second kappa shape index (κ2) is 8.37. The Morgan fingerprint density at radius 2 is 1.96 bits per heavy atom. The van der Waals surface area contributed by atoms with Gasteiger partial charge in [0.1, 0.15) is 12.4 Å². The van der Waals surface area contributed by atoms with Crippen LogP contribution in [-0.4, -0.2) is 29.1 Å². The summed E-state index contributed by atoms with van der Waals surface area (Å²) >= 11 is 5.15. The van der Waals surface area contributed by atoms with E-state index in [1.165, 1.54) is 0 Å². The maximum Gasteiger partial charge on any atom is 0.240 e. The predicted molar refractivity (Wildman–Crippen MR) is 96.5 cm³/mol. The van der Waals surface area contributed by atoms with Crippen molar-refractivity contribution in [1.29, 1.82) is 0 Å². The zero-order valence-corrected chi connectivity index (χ0v) is 15.5. The van der Waals surface area contributed by atoms with Crippen LogP contribution >= 0.6 is 12.2 Å². The van der Waals surface area contributed by atoms with Crippen molar-refractivity contribution in [3.63, 3.8) is 0 Å². The lowest BCUT2D eigenvalue weighted by Crippen LogP contribution is -2.28. The summed E-state index contributed by atoms with van der Waals surface area (Å²) in [7, 11) is -3.55. The lowest BCUT2D eigenvalue weighted by atomic mass is 10.1. The van der Waals surface area contributed by atoms with E-state index in [-0.39, 0.29) is 18.2 Å². The van der Waals surface area contributed by atoms with Crippen LogP contribution in [0.5, 0.6) is 0 Å². The molecule has 0 radical (unpaired) electrons. The number of rotatable bonds is 8. The van der Waals surface area contributed by atoms with Gasteiger partial charge in [0.05, 0.1) is 5.75 Å². The minimum Gasteiger partial charge on any atom is -0.350 e. The Bertz CT molecular complexity index is 885. The van der Waals surface area contributed by atoms with Crippen molar-refractivity contribution in [1.82, 2.24) is 20.1 Å². The fourth-order valence-electron chi connectivity index (χ4n) is 2.31. The van der Waals surface area contributed by atoms with E-state index in [2.05, 4.69) is 15.5 Å². The zero-order chi connectivity index (χ0) is 18.4. The van der Waals surface area contributed by atoms with Gasteiger partial charge in [-0.3, -0.25) is 14.5 Å². The molecule has 10 heteroatoms. The Kier molecular flexibility index (Phi) is 6.45. The highest BCUT2D eigenvalue weighted by Crippen LogP contribution is 2.07. The van der Waals surface area contributed by atoms with Gasteiger partial charge in [0.15, 0.2) is 4.77 Å². The normalized spacial score (nSPS) is 11.4. The number of aryl methyl sites for hydroxylation is 1. The van der Waals surface area contributed by atoms with Crippen LogP contribution in [0.2, 0.25) is 0 Å². The molecule has 2 aromatic rings. The van der Waals surface area contributed by atoms with Crippen molar-refractivity contribution in [2.75, 3.05) is 0 Å². The predicted octanol–water partition coefficient (Wildman–Crippen LogP) is 0.998. The lowest BCUT2D eigenvalue weighted by molar-refractivity contribution is -0.121. The number of primary sulfonamides is 1. The highest BCUT2D eigenvalue weighted by atomic mass is 32.2. The van der Waals surface area contributed by atoms with E-state index in [1.54, 1.807) is 28.8 Å². The van der Waals surface area contributed by atoms with Crippen LogP contribution in [-0.2, 0) is 40.1 Å². The molecule has 8 nitrogen and oxygen atoms in total. The quantitative estimate of drug-likeness (QED) is 0.587. The van der Waals surface area contributed by atoms with Gasteiger partial charge < -0.3 is 5.32 Å². The second-order valence-corrected chi connectivity index (χ2v) is 7.68. The number of nitrogens with two attached hydrogens (primary N) is 1. The average Bonchev–Trinajstić information content (AvgIpc) is 2.86. The van der Waals surface area contributed by atoms with E-state index in [0.717, 1.165) is 24.2 Å². The summed E-state index contributed by atoms with van der Waals surface area (Å²) < 4.78 is 24.2. The van der Waals surface area contributed by atoms with Gasteiger partial charge in [-0.25, -0.2) is 13.6 Å². The SMILES string of the molecule is CCCc1n[nH]c(=S)n1CC(=O)NCc1ccc(CS(N)(=O)=O)cc1. The van der Waals surface area contributed by atoms with Gasteiger partial charge in [0, 0.05) is 13.0 Å². The van der Waals surface area contributed by atoms with E-state index in [0.29, 0.717) is 16.9 Å². The number of amides is 1. The number of nitrogens with one attached hydrogen (secondary N) is 2. The molecule has 1 amide bonds. The van der Waals surface area contributed by atoms with Crippen LogP contribution in [0.1, 0.15) is 30.3 Å². The Morgan fingerprint density at radius 1 is 1.32 bits per heavy atom. The number of sulfonamides is 1. The summed E-state index contributed by atoms with van der Waals surface area (Å²) in [5, 5.41) is 14.6. The molecule has 0 fully saturated rings. The third kappa shape index (κ3) is 6.07. The van der Waals surface area contributed by atoms with Gasteiger partial charge in [-0.1, -0.05) is 31.2 Å². The van der Waals surface area contributed by atoms with Crippen LogP contribution in [0.25, 0.3) is 0 Å². The number of H-pyrrole nitrogens is 1. The second-order valence-electron chi connectivity index (χ2n) is 5.68. The smallest absolute Gasteiger partial charge is 0.240 e. The van der Waals surface area contributed by atoms with Gasteiger partial charge in [0.2, 0.25) is 15.9 Å². The summed E-state index contributed by atoms with van der Waals surface area (Å²) in [6, 6.07) is 6.87. The number of hydrogen-bond acceptors (Lipinski definition) is 5. The molecule has 0 atom stereocenters. The fourth-order valence-corrected chi connectivity index (χ4v) is 3.19. The number of carbonyl (C=O) groups is 1. The molecule has 4 N–H and O–H groups in total. The van der Waals surface area contributed by atoms with Crippen LogP contribution in [0.3, 0.4) is 0 Å². The van der Waals surface area contributed by atoms with Crippen molar-refractivity contribution in [2.45, 2.75) is 38.6 Å². The van der Waals surface area contributed by atoms with E-state index in [9.17, 15) is 13.2 Å². The van der Waals surface area contributed by atoms with E-state index in [4.69, 9.17) is 17.4 Å². The molecule has 136 valence electrons. The zero-order valence-electron chi connectivity index (χ0n) is 13.9. The molecule has 0 bridgehead atoms. The van der Waals surface area contributed by atoms with Gasteiger partial charge >= 0.3 is 0 Å². The number of hydrogen-bond donors (Lipinski definition) is 3. The average molecular weight is 383 g/mol. The minimum absolute atomic E-state index is 0.105. The van der Waals surface area contributed by atoms with Crippen LogP contribution in [0.4, 0.5) is 0 Å². The van der Waals surface area contributed by atoms with Gasteiger partial charge in [-0.05, 0) is 29.8 Å². The third-order valence-corrected chi connectivity index (χ3v) is 4.54. The molecule has 0 spiro atoms. The van der Waals surface area contributed by atoms with Crippen molar-refractivity contribution in [2.24, 2.45) is 5.14 Å². The molecule has 1 heterocycles. The van der Waals surface area contributed by atoms with E-state index < -0.39 is 10.0 Å². The molecule has 1 aromatic heterocycles. The Morgan fingerprint density at radius 3 is 2.56 bits per heavy atom. The highest BCUT2D eigenvalue weighted by Gasteiger charge is 2.10. The van der Waals surface area contributed by atoms with Gasteiger partial charge in [-0.15, -0.1) is 0 Å². The third-order valence-electron chi connectivity index (χ3n) is 3.49. The highest BCUT2D eigenvalue weighted by molar-refractivity contribution is 7.88. The maximum absolute atomic E-state index is 12.1. The molecule has 1 aromatic carbocycles. The topological polar surface area (TPSA) is 123 Å². The minimum atomic E-state index is -3.55. The number of benzene rings is 1. The standard InChI is InChI=1S/C15H21N5O3S2/c1-2-3-13-18-19-15(24)20(13)9-14(21)17-8-11-4-6-12(7-5-11)10-25(16,22)23/h4-7H,2-3,8-10H2,1H3,(H,17,21)(H,19,24)(H2,16,22,23). The van der Waals surface area contributed by atoms with E-state index in [1.807, 2.05) is 6.92 Å². The summed E-state index contributed by atoms with van der Waals surface area (Å²) in [6.45, 7) is 2.47. The first-order valence-corrected chi connectivity index (χ1v) is 9.90. The number of aromatic amines is 1. The summed E-state index contributed by atoms with van der Waals surface area (Å²) in [4.78, 5) is 12.1. The molecule has 0 unspecified atom stereocenters. The van der Waals surface area contributed by atoms with Gasteiger partial charge in [-0.2, -0.15) is 5.10 Å². The molecular weight excluding hydrogens is 362 g/mol. The molecule has 2 rings (SSSR count). The van der Waals surface area contributed by atoms with Crippen molar-refractivity contribution in [3.05, 3.63) is 46.0 Å². The number of aromatic nitrogens is 3. The van der Waals surface area contributed by atoms with E-state index >= 15 is 0 Å². The maximum atomic E-state index is 12.1. The van der Waals surface area contributed by atoms with Crippen LogP contribution in [0.15, 0.2) is 24.3 Å².